The summed E-state index contributed by atoms with van der Waals surface area (Å²) in [6.07, 6.45) is 5.53. The van der Waals surface area contributed by atoms with Crippen LogP contribution in [0.3, 0.4) is 0 Å². The fraction of sp³-hybridized carbons (Fsp3) is 0.500. The third-order valence-electron chi connectivity index (χ3n) is 4.45. The summed E-state index contributed by atoms with van der Waals surface area (Å²) in [5.41, 5.74) is 8.97. The first-order valence-corrected chi connectivity index (χ1v) is 6.87. The van der Waals surface area contributed by atoms with Gasteiger partial charge in [0.05, 0.1) is 11.2 Å². The average Bonchev–Trinajstić information content (AvgIpc) is 2.58. The van der Waals surface area contributed by atoms with Gasteiger partial charge in [0.2, 0.25) is 0 Å². The van der Waals surface area contributed by atoms with E-state index in [0.717, 1.165) is 22.2 Å². The highest BCUT2D eigenvalue weighted by Gasteiger charge is 2.52. The zero-order valence-corrected chi connectivity index (χ0v) is 12.9. The Morgan fingerprint density at radius 3 is 2.20 bits per heavy atom. The van der Waals surface area contributed by atoms with Crippen molar-refractivity contribution < 1.29 is 9.31 Å². The van der Waals surface area contributed by atoms with Crippen molar-refractivity contribution in [2.45, 2.75) is 52.4 Å². The molecule has 106 valence electrons. The third-order valence-corrected chi connectivity index (χ3v) is 4.45. The lowest BCUT2D eigenvalue weighted by molar-refractivity contribution is 0.00578. The Morgan fingerprint density at radius 1 is 1.20 bits per heavy atom. The smallest absolute Gasteiger partial charge is 0.399 e. The van der Waals surface area contributed by atoms with Crippen molar-refractivity contribution >= 4 is 12.6 Å². The minimum absolute atomic E-state index is 0.362. The predicted molar refractivity (Wildman–Crippen MR) is 82.7 cm³/mol. The largest absolute Gasteiger partial charge is 0.495 e. The highest BCUT2D eigenvalue weighted by molar-refractivity contribution is 6.62. The maximum atomic E-state index is 6.10. The number of hydrogen-bond donors (Lipinski definition) is 1. The summed E-state index contributed by atoms with van der Waals surface area (Å²) in [5, 5.41) is 0. The normalized spacial score (nSPS) is 19.9. The van der Waals surface area contributed by atoms with Gasteiger partial charge in [0.15, 0.2) is 0 Å². The summed E-state index contributed by atoms with van der Waals surface area (Å²) in [6.45, 7) is 10.6. The molecule has 1 heterocycles. The molecule has 0 unspecified atom stereocenters. The first kappa shape index (κ1) is 15.1. The summed E-state index contributed by atoms with van der Waals surface area (Å²) in [6, 6.07) is 3.90. The second-order valence-electron chi connectivity index (χ2n) is 6.29. The zero-order chi connectivity index (χ0) is 15.1. The topological polar surface area (TPSA) is 44.5 Å². The number of terminal acetylenes is 1. The quantitative estimate of drug-likeness (QED) is 0.658. The summed E-state index contributed by atoms with van der Waals surface area (Å²) in [7, 11) is -0.404. The molecule has 0 atom stereocenters. The third kappa shape index (κ3) is 2.38. The van der Waals surface area contributed by atoms with E-state index >= 15 is 0 Å². The van der Waals surface area contributed by atoms with Crippen LogP contribution in [-0.2, 0) is 15.9 Å². The van der Waals surface area contributed by atoms with Gasteiger partial charge in [-0.15, -0.1) is 6.42 Å². The van der Waals surface area contributed by atoms with Crippen molar-refractivity contribution in [1.29, 1.82) is 0 Å². The molecule has 1 aliphatic heterocycles. The Kier molecular flexibility index (Phi) is 3.72. The fourth-order valence-electron chi connectivity index (χ4n) is 2.31. The maximum Gasteiger partial charge on any atom is 0.495 e. The van der Waals surface area contributed by atoms with Crippen LogP contribution < -0.4 is 11.2 Å². The molecule has 1 saturated heterocycles. The second-order valence-corrected chi connectivity index (χ2v) is 6.29. The molecule has 0 aromatic heterocycles. The van der Waals surface area contributed by atoms with Crippen LogP contribution in [0, 0.1) is 19.3 Å². The van der Waals surface area contributed by atoms with Crippen LogP contribution in [0.5, 0.6) is 0 Å². The van der Waals surface area contributed by atoms with Crippen LogP contribution in [0.15, 0.2) is 12.1 Å². The van der Waals surface area contributed by atoms with Crippen molar-refractivity contribution in [3.8, 4) is 12.3 Å². The van der Waals surface area contributed by atoms with Gasteiger partial charge in [0.1, 0.15) is 0 Å². The lowest BCUT2D eigenvalue weighted by Crippen LogP contribution is -2.41. The molecule has 20 heavy (non-hydrogen) atoms. The Labute approximate surface area is 122 Å². The van der Waals surface area contributed by atoms with Crippen LogP contribution in [0.25, 0.3) is 0 Å². The minimum Gasteiger partial charge on any atom is -0.399 e. The molecule has 2 N–H and O–H groups in total. The Morgan fingerprint density at radius 2 is 1.75 bits per heavy atom. The van der Waals surface area contributed by atoms with Crippen molar-refractivity contribution in [3.63, 3.8) is 0 Å². The number of nitrogens with two attached hydrogens (primary N) is 1. The van der Waals surface area contributed by atoms with Crippen LogP contribution in [0.4, 0.5) is 0 Å². The highest BCUT2D eigenvalue weighted by Crippen LogP contribution is 2.36. The van der Waals surface area contributed by atoms with E-state index in [9.17, 15) is 0 Å². The monoisotopic (exact) mass is 271 g/mol. The van der Waals surface area contributed by atoms with E-state index < -0.39 is 7.12 Å². The fourth-order valence-corrected chi connectivity index (χ4v) is 2.31. The predicted octanol–water partition coefficient (Wildman–Crippen LogP) is 1.73. The summed E-state index contributed by atoms with van der Waals surface area (Å²) in [4.78, 5) is 0. The zero-order valence-electron chi connectivity index (χ0n) is 12.9. The van der Waals surface area contributed by atoms with Crippen LogP contribution in [0.1, 0.15) is 44.4 Å². The van der Waals surface area contributed by atoms with Crippen molar-refractivity contribution in [3.05, 3.63) is 28.8 Å². The molecule has 4 heteroatoms. The van der Waals surface area contributed by atoms with E-state index in [1.54, 1.807) is 0 Å². The SMILES string of the molecule is C#Cc1cc(CN)c(C)c(B2OC(C)(C)C(C)(C)O2)c1. The molecule has 0 aliphatic carbocycles. The molecule has 0 amide bonds. The van der Waals surface area contributed by atoms with Gasteiger partial charge in [-0.3, -0.25) is 0 Å². The molecule has 1 aromatic rings. The van der Waals surface area contributed by atoms with Crippen LogP contribution in [0.2, 0.25) is 0 Å². The summed E-state index contributed by atoms with van der Waals surface area (Å²) >= 11 is 0. The summed E-state index contributed by atoms with van der Waals surface area (Å²) < 4.78 is 12.2. The molecule has 1 aromatic carbocycles. The molecular weight excluding hydrogens is 249 g/mol. The highest BCUT2D eigenvalue weighted by atomic mass is 16.7. The van der Waals surface area contributed by atoms with Gasteiger partial charge >= 0.3 is 7.12 Å². The van der Waals surface area contributed by atoms with E-state index in [4.69, 9.17) is 21.5 Å². The molecule has 1 fully saturated rings. The van der Waals surface area contributed by atoms with E-state index in [1.165, 1.54) is 0 Å². The second kappa shape index (κ2) is 4.93. The van der Waals surface area contributed by atoms with Crippen molar-refractivity contribution in [2.24, 2.45) is 5.73 Å². The van der Waals surface area contributed by atoms with Gasteiger partial charge in [-0.2, -0.15) is 0 Å². The first-order chi connectivity index (χ1) is 9.21. The van der Waals surface area contributed by atoms with Gasteiger partial charge in [0, 0.05) is 12.1 Å². The molecule has 0 bridgehead atoms. The van der Waals surface area contributed by atoms with E-state index in [-0.39, 0.29) is 11.2 Å². The number of hydrogen-bond acceptors (Lipinski definition) is 3. The van der Waals surface area contributed by atoms with Gasteiger partial charge < -0.3 is 15.0 Å². The lowest BCUT2D eigenvalue weighted by atomic mass is 9.74. The average molecular weight is 271 g/mol. The van der Waals surface area contributed by atoms with Crippen molar-refractivity contribution in [1.82, 2.24) is 0 Å². The van der Waals surface area contributed by atoms with Gasteiger partial charge in [-0.1, -0.05) is 5.92 Å². The van der Waals surface area contributed by atoms with Crippen LogP contribution in [-0.4, -0.2) is 18.3 Å². The van der Waals surface area contributed by atoms with Crippen molar-refractivity contribution in [2.75, 3.05) is 0 Å². The minimum atomic E-state index is -0.404. The standard InChI is InChI=1S/C16H22BNO2/c1-7-12-8-13(10-18)11(2)14(9-12)17-19-15(3,4)16(5,6)20-17/h1,8-9H,10,18H2,2-6H3. The Balaban J connectivity index is 2.47. The number of benzene rings is 1. The first-order valence-electron chi connectivity index (χ1n) is 6.87. The lowest BCUT2D eigenvalue weighted by Gasteiger charge is -2.32. The van der Waals surface area contributed by atoms with E-state index in [2.05, 4.69) is 5.92 Å². The number of rotatable bonds is 2. The molecule has 1 aliphatic rings. The maximum absolute atomic E-state index is 6.10. The Bertz CT molecular complexity index is 557. The molecule has 0 spiro atoms. The molecule has 3 nitrogen and oxygen atoms in total. The van der Waals surface area contributed by atoms with E-state index in [1.807, 2.05) is 46.8 Å². The summed E-state index contributed by atoms with van der Waals surface area (Å²) in [5.74, 6) is 2.67. The molecule has 0 radical (unpaired) electrons. The Hall–Kier alpha value is -1.28. The molecular formula is C16H22BNO2. The van der Waals surface area contributed by atoms with Gasteiger partial charge in [0.25, 0.3) is 0 Å². The van der Waals surface area contributed by atoms with E-state index in [0.29, 0.717) is 6.54 Å². The van der Waals surface area contributed by atoms with Crippen LogP contribution >= 0.6 is 0 Å². The molecule has 0 saturated carbocycles. The molecule has 2 rings (SSSR count). The van der Waals surface area contributed by atoms with Gasteiger partial charge in [-0.05, 0) is 63.3 Å². The van der Waals surface area contributed by atoms with Gasteiger partial charge in [-0.25, -0.2) is 0 Å².